The summed E-state index contributed by atoms with van der Waals surface area (Å²) in [5, 5.41) is 6.57. The summed E-state index contributed by atoms with van der Waals surface area (Å²) in [7, 11) is 0. The summed E-state index contributed by atoms with van der Waals surface area (Å²) in [4.78, 5) is 15.5. The number of nitrogens with two attached hydrogens (primary N) is 1. The van der Waals surface area contributed by atoms with E-state index in [1.165, 1.54) is 0 Å². The Balaban J connectivity index is 1.63. The monoisotopic (exact) mass is 379 g/mol. The van der Waals surface area contributed by atoms with Crippen molar-refractivity contribution < 1.29 is 18.0 Å². The van der Waals surface area contributed by atoms with Crippen LogP contribution in [0.1, 0.15) is 24.0 Å². The molecule has 0 aromatic heterocycles. The normalized spacial score (nSPS) is 25.6. The van der Waals surface area contributed by atoms with Gasteiger partial charge in [0.15, 0.2) is 5.92 Å². The fraction of sp³-hybridized carbons (Fsp3) is 0.500. The van der Waals surface area contributed by atoms with Crippen LogP contribution in [0.2, 0.25) is 0 Å². The predicted octanol–water partition coefficient (Wildman–Crippen LogP) is 2.94. The minimum absolute atomic E-state index is 0.0980. The van der Waals surface area contributed by atoms with Crippen molar-refractivity contribution in [2.45, 2.75) is 38.1 Å². The van der Waals surface area contributed by atoms with Crippen LogP contribution in [0.15, 0.2) is 40.3 Å². The van der Waals surface area contributed by atoms with Gasteiger partial charge in [-0.05, 0) is 30.0 Å². The second-order valence-electron chi connectivity index (χ2n) is 7.20. The van der Waals surface area contributed by atoms with Crippen molar-refractivity contribution in [3.05, 3.63) is 41.2 Å². The summed E-state index contributed by atoms with van der Waals surface area (Å²) >= 11 is 0. The maximum absolute atomic E-state index is 13.4. The molecule has 1 fully saturated rings. The maximum Gasteiger partial charge on any atom is 0.406 e. The average Bonchev–Trinajstić information content (AvgIpc) is 3.04. The van der Waals surface area contributed by atoms with Gasteiger partial charge in [0.05, 0.1) is 11.9 Å². The number of carbonyl (C=O) groups excluding carboxylic acids is 1. The van der Waals surface area contributed by atoms with Crippen molar-refractivity contribution in [2.75, 3.05) is 18.0 Å². The molecule has 4 rings (SSSR count). The van der Waals surface area contributed by atoms with Gasteiger partial charge >= 0.3 is 6.18 Å². The van der Waals surface area contributed by atoms with Crippen LogP contribution in [0, 0.1) is 5.92 Å². The molecule has 2 N–H and O–H groups in total. The van der Waals surface area contributed by atoms with Gasteiger partial charge in [-0.3, -0.25) is 4.79 Å². The minimum Gasteiger partial charge on any atom is -0.370 e. The number of halogens is 3. The Morgan fingerprint density at radius 2 is 2.00 bits per heavy atom. The lowest BCUT2D eigenvalue weighted by molar-refractivity contribution is -0.177. The van der Waals surface area contributed by atoms with E-state index in [-0.39, 0.29) is 11.7 Å². The Bertz CT molecular complexity index is 820. The number of nitrogens with zero attached hydrogens (tertiary/aromatic N) is 4. The first-order valence-electron chi connectivity index (χ1n) is 8.92. The van der Waals surface area contributed by atoms with Gasteiger partial charge in [-0.2, -0.15) is 18.3 Å². The van der Waals surface area contributed by atoms with E-state index in [2.05, 4.69) is 15.1 Å². The molecule has 0 spiro atoms. The molecule has 2 atom stereocenters. The number of carbonyl (C=O) groups is 1. The maximum atomic E-state index is 13.4. The van der Waals surface area contributed by atoms with Crippen molar-refractivity contribution in [3.63, 3.8) is 0 Å². The number of benzene rings is 1. The number of fused-ring (bicyclic) bond motifs is 1. The highest BCUT2D eigenvalue weighted by Gasteiger charge is 2.50. The van der Waals surface area contributed by atoms with Crippen molar-refractivity contribution >= 4 is 11.6 Å². The van der Waals surface area contributed by atoms with Crippen molar-refractivity contribution in [2.24, 2.45) is 21.9 Å². The highest BCUT2D eigenvalue weighted by Crippen LogP contribution is 2.41. The first-order valence-corrected chi connectivity index (χ1v) is 8.92. The summed E-state index contributed by atoms with van der Waals surface area (Å²) in [6.45, 7) is 2.23. The highest BCUT2D eigenvalue weighted by molar-refractivity contribution is 5.83. The van der Waals surface area contributed by atoms with Gasteiger partial charge in [-0.25, -0.2) is 0 Å². The zero-order valence-electron chi connectivity index (χ0n) is 14.6. The van der Waals surface area contributed by atoms with Crippen molar-refractivity contribution in [1.29, 1.82) is 0 Å². The Labute approximate surface area is 154 Å². The second-order valence-corrected chi connectivity index (χ2v) is 7.20. The third-order valence-corrected chi connectivity index (χ3v) is 5.34. The molecule has 2 unspecified atom stereocenters. The SMILES string of the molecule is NC1CCCN(c2cccc3c2CN(C2=CN=NC(=O)C2C(F)(F)F)C3)C1. The number of hydrogen-bond donors (Lipinski definition) is 1. The van der Waals surface area contributed by atoms with E-state index in [1.807, 2.05) is 18.2 Å². The molecule has 0 saturated carbocycles. The summed E-state index contributed by atoms with van der Waals surface area (Å²) in [6.07, 6.45) is -1.67. The molecular formula is C18H20F3N5O. The average molecular weight is 379 g/mol. The molecule has 27 heavy (non-hydrogen) atoms. The Morgan fingerprint density at radius 3 is 2.74 bits per heavy atom. The number of anilines is 1. The third-order valence-electron chi connectivity index (χ3n) is 5.34. The van der Waals surface area contributed by atoms with Crippen LogP contribution in [-0.4, -0.2) is 36.1 Å². The second kappa shape index (κ2) is 6.63. The number of azo groups is 1. The van der Waals surface area contributed by atoms with E-state index in [0.29, 0.717) is 13.1 Å². The molecule has 9 heteroatoms. The lowest BCUT2D eigenvalue weighted by Crippen LogP contribution is -2.43. The Hall–Kier alpha value is -2.42. The molecule has 6 nitrogen and oxygen atoms in total. The van der Waals surface area contributed by atoms with Gasteiger partial charge in [0.1, 0.15) is 0 Å². The fourth-order valence-corrected chi connectivity index (χ4v) is 4.09. The zero-order valence-corrected chi connectivity index (χ0v) is 14.6. The lowest BCUT2D eigenvalue weighted by atomic mass is 10.0. The van der Waals surface area contributed by atoms with Crippen LogP contribution in [0.4, 0.5) is 18.9 Å². The van der Waals surface area contributed by atoms with Gasteiger partial charge in [0.25, 0.3) is 5.91 Å². The zero-order chi connectivity index (χ0) is 19.2. The van der Waals surface area contributed by atoms with Crippen LogP contribution < -0.4 is 10.6 Å². The smallest absolute Gasteiger partial charge is 0.370 e. The van der Waals surface area contributed by atoms with E-state index < -0.39 is 18.0 Å². The van der Waals surface area contributed by atoms with Crippen LogP contribution >= 0.6 is 0 Å². The fourth-order valence-electron chi connectivity index (χ4n) is 4.09. The molecule has 0 bridgehead atoms. The van der Waals surface area contributed by atoms with E-state index in [4.69, 9.17) is 5.73 Å². The van der Waals surface area contributed by atoms with Gasteiger partial charge < -0.3 is 15.5 Å². The molecule has 0 radical (unpaired) electrons. The molecule has 3 aliphatic rings. The van der Waals surface area contributed by atoms with Crippen LogP contribution in [-0.2, 0) is 17.9 Å². The number of hydrogen-bond acceptors (Lipinski definition) is 5. The number of piperidine rings is 1. The first kappa shape index (κ1) is 18.0. The van der Waals surface area contributed by atoms with E-state index >= 15 is 0 Å². The molecule has 1 amide bonds. The lowest BCUT2D eigenvalue weighted by Gasteiger charge is -2.34. The largest absolute Gasteiger partial charge is 0.406 e. The quantitative estimate of drug-likeness (QED) is 0.857. The highest BCUT2D eigenvalue weighted by atomic mass is 19.4. The van der Waals surface area contributed by atoms with Crippen LogP contribution in [0.25, 0.3) is 0 Å². The molecule has 1 saturated heterocycles. The van der Waals surface area contributed by atoms with E-state index in [1.54, 1.807) is 4.90 Å². The predicted molar refractivity (Wildman–Crippen MR) is 92.6 cm³/mol. The van der Waals surface area contributed by atoms with Gasteiger partial charge in [0.2, 0.25) is 0 Å². The summed E-state index contributed by atoms with van der Waals surface area (Å²) in [6, 6.07) is 5.92. The van der Waals surface area contributed by atoms with Crippen molar-refractivity contribution in [3.8, 4) is 0 Å². The van der Waals surface area contributed by atoms with E-state index in [9.17, 15) is 18.0 Å². The molecule has 144 valence electrons. The summed E-state index contributed by atoms with van der Waals surface area (Å²) in [5.41, 5.74) is 8.91. The molecule has 1 aromatic rings. The molecule has 3 aliphatic heterocycles. The standard InChI is InChI=1S/C18H20F3N5O/c19-18(20,21)16-15(7-23-24-17(16)27)26-8-11-3-1-5-14(13(11)10-26)25-6-2-4-12(22)9-25/h1,3,5,7,12,16H,2,4,6,8-10,22H2. The minimum atomic E-state index is -4.69. The summed E-state index contributed by atoms with van der Waals surface area (Å²) in [5.74, 6) is -3.52. The summed E-state index contributed by atoms with van der Waals surface area (Å²) < 4.78 is 40.3. The Morgan fingerprint density at radius 1 is 1.19 bits per heavy atom. The number of alkyl halides is 3. The van der Waals surface area contributed by atoms with Gasteiger partial charge in [0, 0.05) is 37.9 Å². The van der Waals surface area contributed by atoms with Crippen molar-refractivity contribution in [1.82, 2.24) is 4.90 Å². The van der Waals surface area contributed by atoms with E-state index in [0.717, 1.165) is 48.9 Å². The molecular weight excluding hydrogens is 359 g/mol. The third kappa shape index (κ3) is 3.31. The number of amides is 1. The molecule has 0 aliphatic carbocycles. The van der Waals surface area contributed by atoms with Crippen LogP contribution in [0.5, 0.6) is 0 Å². The number of rotatable bonds is 2. The molecule has 3 heterocycles. The Kier molecular flexibility index (Phi) is 4.41. The topological polar surface area (TPSA) is 74.3 Å². The first-order chi connectivity index (χ1) is 12.8. The van der Waals surface area contributed by atoms with Gasteiger partial charge in [-0.15, -0.1) is 5.11 Å². The van der Waals surface area contributed by atoms with Gasteiger partial charge in [-0.1, -0.05) is 12.1 Å². The molecule has 1 aromatic carbocycles. The van der Waals surface area contributed by atoms with Crippen LogP contribution in [0.3, 0.4) is 0 Å².